The summed E-state index contributed by atoms with van der Waals surface area (Å²) in [5.41, 5.74) is 1.23. The van der Waals surface area contributed by atoms with Crippen LogP contribution in [0.2, 0.25) is 0 Å². The van der Waals surface area contributed by atoms with E-state index < -0.39 is 5.97 Å². The van der Waals surface area contributed by atoms with Crippen molar-refractivity contribution in [2.75, 3.05) is 14.2 Å². The van der Waals surface area contributed by atoms with Crippen LogP contribution in [0.5, 0.6) is 0 Å². The van der Waals surface area contributed by atoms with Crippen LogP contribution in [0.25, 0.3) is 0 Å². The maximum atomic E-state index is 11.6. The van der Waals surface area contributed by atoms with E-state index in [1.54, 1.807) is 30.3 Å². The van der Waals surface area contributed by atoms with Gasteiger partial charge in [0.25, 0.3) is 0 Å². The molecule has 0 N–H and O–H groups in total. The van der Waals surface area contributed by atoms with Gasteiger partial charge >= 0.3 is 11.9 Å². The zero-order valence-corrected chi connectivity index (χ0v) is 10.5. The first-order valence-electron chi connectivity index (χ1n) is 5.51. The summed E-state index contributed by atoms with van der Waals surface area (Å²) in [7, 11) is 2.67. The van der Waals surface area contributed by atoms with Crippen LogP contribution in [0.15, 0.2) is 36.9 Å². The molecule has 1 rings (SSSR count). The number of hydrogen-bond donors (Lipinski definition) is 0. The number of benzene rings is 1. The first kappa shape index (κ1) is 14.0. The molecule has 0 saturated carbocycles. The minimum atomic E-state index is -0.403. The van der Waals surface area contributed by atoms with Crippen molar-refractivity contribution in [3.05, 3.63) is 48.0 Å². The van der Waals surface area contributed by atoms with E-state index in [0.29, 0.717) is 12.0 Å². The number of methoxy groups -OCH3 is 2. The predicted molar refractivity (Wildman–Crippen MR) is 67.4 cm³/mol. The number of ether oxygens (including phenoxy) is 2. The van der Waals surface area contributed by atoms with Gasteiger partial charge in [0.2, 0.25) is 0 Å². The summed E-state index contributed by atoms with van der Waals surface area (Å²) in [6.07, 6.45) is 2.15. The average Bonchev–Trinajstić information content (AvgIpc) is 2.43. The lowest BCUT2D eigenvalue weighted by molar-refractivity contribution is -0.142. The lowest BCUT2D eigenvalue weighted by Crippen LogP contribution is -2.14. The monoisotopic (exact) mass is 248 g/mol. The second-order valence-electron chi connectivity index (χ2n) is 3.71. The van der Waals surface area contributed by atoms with Gasteiger partial charge in [-0.25, -0.2) is 4.79 Å². The number of rotatable bonds is 5. The average molecular weight is 248 g/mol. The van der Waals surface area contributed by atoms with E-state index >= 15 is 0 Å². The van der Waals surface area contributed by atoms with Gasteiger partial charge in [-0.05, 0) is 24.1 Å². The van der Waals surface area contributed by atoms with Crippen molar-refractivity contribution in [2.45, 2.75) is 12.3 Å². The van der Waals surface area contributed by atoms with Gasteiger partial charge in [0, 0.05) is 0 Å². The second-order valence-corrected chi connectivity index (χ2v) is 3.71. The fraction of sp³-hybridized carbons (Fsp3) is 0.286. The van der Waals surface area contributed by atoms with Crippen molar-refractivity contribution in [3.63, 3.8) is 0 Å². The van der Waals surface area contributed by atoms with Crippen LogP contribution in [0.3, 0.4) is 0 Å². The van der Waals surface area contributed by atoms with E-state index in [1.807, 2.05) is 0 Å². The van der Waals surface area contributed by atoms with E-state index in [-0.39, 0.29) is 11.9 Å². The van der Waals surface area contributed by atoms with Crippen LogP contribution in [-0.2, 0) is 14.3 Å². The molecule has 0 amide bonds. The smallest absolute Gasteiger partial charge is 0.337 e. The van der Waals surface area contributed by atoms with Gasteiger partial charge < -0.3 is 9.47 Å². The molecule has 0 aliphatic rings. The van der Waals surface area contributed by atoms with Gasteiger partial charge in [-0.3, -0.25) is 4.79 Å². The van der Waals surface area contributed by atoms with Crippen LogP contribution in [0, 0.1) is 0 Å². The van der Waals surface area contributed by atoms with E-state index in [1.165, 1.54) is 14.2 Å². The van der Waals surface area contributed by atoms with E-state index in [9.17, 15) is 9.59 Å². The number of hydrogen-bond acceptors (Lipinski definition) is 4. The Bertz CT molecular complexity index is 434. The minimum Gasteiger partial charge on any atom is -0.469 e. The van der Waals surface area contributed by atoms with Crippen LogP contribution in [0.1, 0.15) is 28.3 Å². The predicted octanol–water partition coefficient (Wildman–Crippen LogP) is 2.31. The van der Waals surface area contributed by atoms with Crippen LogP contribution in [0.4, 0.5) is 0 Å². The lowest BCUT2D eigenvalue weighted by Gasteiger charge is -2.13. The van der Waals surface area contributed by atoms with E-state index in [0.717, 1.165) is 5.56 Å². The fourth-order valence-corrected chi connectivity index (χ4v) is 1.65. The molecular weight excluding hydrogens is 232 g/mol. The Balaban J connectivity index is 2.96. The fourth-order valence-electron chi connectivity index (χ4n) is 1.65. The third kappa shape index (κ3) is 3.20. The molecule has 1 aromatic carbocycles. The summed E-state index contributed by atoms with van der Waals surface area (Å²) in [6, 6.07) is 6.69. The first-order chi connectivity index (χ1) is 8.63. The molecule has 4 heteroatoms. The Morgan fingerprint density at radius 2 is 1.83 bits per heavy atom. The number of esters is 2. The van der Waals surface area contributed by atoms with Gasteiger partial charge in [-0.2, -0.15) is 0 Å². The van der Waals surface area contributed by atoms with Gasteiger partial charge in [0.05, 0.1) is 25.7 Å². The molecule has 0 heterocycles. The minimum absolute atomic E-state index is 0.319. The Morgan fingerprint density at radius 1 is 1.22 bits per heavy atom. The zero-order chi connectivity index (χ0) is 13.5. The molecule has 4 nitrogen and oxygen atoms in total. The molecule has 0 fully saturated rings. The van der Waals surface area contributed by atoms with Gasteiger partial charge in [-0.1, -0.05) is 18.2 Å². The molecule has 0 spiro atoms. The normalized spacial score (nSPS) is 11.4. The maximum absolute atomic E-state index is 11.6. The maximum Gasteiger partial charge on any atom is 0.337 e. The number of carbonyl (C=O) groups is 2. The molecule has 0 saturated heterocycles. The molecule has 0 unspecified atom stereocenters. The van der Waals surface area contributed by atoms with Crippen molar-refractivity contribution in [2.24, 2.45) is 0 Å². The SMILES string of the molecule is C=CC[C@H](C(=O)OC)c1ccc(C(=O)OC)cc1. The molecule has 0 aromatic heterocycles. The zero-order valence-electron chi connectivity index (χ0n) is 10.5. The summed E-state index contributed by atoms with van der Waals surface area (Å²) < 4.78 is 9.35. The molecule has 0 aliphatic carbocycles. The van der Waals surface area contributed by atoms with Crippen LogP contribution in [-0.4, -0.2) is 26.2 Å². The molecule has 0 bridgehead atoms. The van der Waals surface area contributed by atoms with Crippen molar-refractivity contribution in [3.8, 4) is 0 Å². The summed E-state index contributed by atoms with van der Waals surface area (Å²) >= 11 is 0. The molecule has 0 radical (unpaired) electrons. The molecule has 18 heavy (non-hydrogen) atoms. The molecule has 1 aromatic rings. The largest absolute Gasteiger partial charge is 0.469 e. The molecule has 96 valence electrons. The highest BCUT2D eigenvalue weighted by atomic mass is 16.5. The third-order valence-corrected chi connectivity index (χ3v) is 2.62. The Hall–Kier alpha value is -2.10. The van der Waals surface area contributed by atoms with Crippen molar-refractivity contribution in [1.82, 2.24) is 0 Å². The summed E-state index contributed by atoms with van der Waals surface area (Å²) in [5.74, 6) is -1.11. The van der Waals surface area contributed by atoms with Gasteiger partial charge in [0.15, 0.2) is 0 Å². The molecule has 0 aliphatic heterocycles. The van der Waals surface area contributed by atoms with Gasteiger partial charge in [-0.15, -0.1) is 6.58 Å². The van der Waals surface area contributed by atoms with Gasteiger partial charge in [0.1, 0.15) is 0 Å². The quantitative estimate of drug-likeness (QED) is 0.592. The van der Waals surface area contributed by atoms with Crippen LogP contribution < -0.4 is 0 Å². The topological polar surface area (TPSA) is 52.6 Å². The van der Waals surface area contributed by atoms with Crippen LogP contribution >= 0.6 is 0 Å². The Labute approximate surface area is 106 Å². The number of allylic oxidation sites excluding steroid dienone is 1. The standard InChI is InChI=1S/C14H16O4/c1-4-5-12(14(16)18-3)10-6-8-11(9-7-10)13(15)17-2/h4,6-9,12H,1,5H2,2-3H3/t12-/m0/s1. The summed E-state index contributed by atoms with van der Waals surface area (Å²) in [4.78, 5) is 22.9. The highest BCUT2D eigenvalue weighted by molar-refractivity contribution is 5.89. The first-order valence-corrected chi connectivity index (χ1v) is 5.51. The number of carbonyl (C=O) groups excluding carboxylic acids is 2. The van der Waals surface area contributed by atoms with Crippen molar-refractivity contribution in [1.29, 1.82) is 0 Å². The third-order valence-electron chi connectivity index (χ3n) is 2.62. The van der Waals surface area contributed by atoms with Crippen molar-refractivity contribution >= 4 is 11.9 Å². The lowest BCUT2D eigenvalue weighted by atomic mass is 9.95. The van der Waals surface area contributed by atoms with Crippen molar-refractivity contribution < 1.29 is 19.1 Å². The summed E-state index contributed by atoms with van der Waals surface area (Å²) in [6.45, 7) is 3.62. The highest BCUT2D eigenvalue weighted by Crippen LogP contribution is 2.22. The Kier molecular flexibility index (Phi) is 5.11. The Morgan fingerprint density at radius 3 is 2.28 bits per heavy atom. The van der Waals surface area contributed by atoms with E-state index in [2.05, 4.69) is 11.3 Å². The summed E-state index contributed by atoms with van der Waals surface area (Å²) in [5, 5.41) is 0. The second kappa shape index (κ2) is 6.59. The van der Waals surface area contributed by atoms with E-state index in [4.69, 9.17) is 4.74 Å². The molecule has 1 atom stereocenters. The molecular formula is C14H16O4. The highest BCUT2D eigenvalue weighted by Gasteiger charge is 2.20.